The molecule has 9 nitrogen and oxygen atoms in total. The highest BCUT2D eigenvalue weighted by molar-refractivity contribution is 5.85. The van der Waals surface area contributed by atoms with Crippen LogP contribution >= 0.6 is 0 Å². The highest BCUT2D eigenvalue weighted by Crippen LogP contribution is 2.28. The maximum absolute atomic E-state index is 12.2. The van der Waals surface area contributed by atoms with E-state index in [1.165, 1.54) is 6.07 Å². The molecule has 1 aliphatic rings. The lowest BCUT2D eigenvalue weighted by Crippen LogP contribution is -2.41. The van der Waals surface area contributed by atoms with Gasteiger partial charge in [-0.3, -0.25) is 4.79 Å². The first-order valence-electron chi connectivity index (χ1n) is 9.02. The van der Waals surface area contributed by atoms with E-state index in [-0.39, 0.29) is 17.6 Å². The Labute approximate surface area is 155 Å². The van der Waals surface area contributed by atoms with Gasteiger partial charge in [-0.05, 0) is 33.6 Å². The Hall–Kier alpha value is -2.97. The molecule has 0 aromatic carbocycles. The van der Waals surface area contributed by atoms with Crippen LogP contribution in [0.25, 0.3) is 16.8 Å². The minimum atomic E-state index is -0.495. The van der Waals surface area contributed by atoms with Crippen LogP contribution in [-0.2, 0) is 4.74 Å². The smallest absolute Gasteiger partial charge is 0.410 e. The number of piperidine rings is 1. The number of carbonyl (C=O) groups excluding carboxylic acids is 1. The van der Waals surface area contributed by atoms with Gasteiger partial charge in [0.1, 0.15) is 5.60 Å². The Morgan fingerprint density at radius 2 is 2.04 bits per heavy atom. The molecule has 9 heteroatoms. The monoisotopic (exact) mass is 370 g/mol. The molecule has 142 valence electrons. The highest BCUT2D eigenvalue weighted by atomic mass is 16.6. The van der Waals surface area contributed by atoms with Crippen molar-refractivity contribution in [1.29, 1.82) is 0 Å². The van der Waals surface area contributed by atoms with Crippen molar-refractivity contribution < 1.29 is 9.53 Å². The van der Waals surface area contributed by atoms with Crippen molar-refractivity contribution in [2.45, 2.75) is 45.1 Å². The van der Waals surface area contributed by atoms with Crippen molar-refractivity contribution in [2.75, 3.05) is 13.1 Å². The normalized spacial score (nSPS) is 16.2. The van der Waals surface area contributed by atoms with Crippen LogP contribution in [0.3, 0.4) is 0 Å². The fourth-order valence-corrected chi connectivity index (χ4v) is 3.29. The van der Waals surface area contributed by atoms with Gasteiger partial charge in [0, 0.05) is 31.3 Å². The van der Waals surface area contributed by atoms with Gasteiger partial charge in [0.05, 0.1) is 11.9 Å². The third-order valence-electron chi connectivity index (χ3n) is 4.60. The molecule has 4 heterocycles. The van der Waals surface area contributed by atoms with Crippen LogP contribution in [0.4, 0.5) is 4.79 Å². The highest BCUT2D eigenvalue weighted by Gasteiger charge is 2.28. The van der Waals surface area contributed by atoms with Crippen LogP contribution in [0.1, 0.15) is 45.2 Å². The number of amides is 1. The van der Waals surface area contributed by atoms with E-state index in [9.17, 15) is 9.59 Å². The number of hydrogen-bond donors (Lipinski definition) is 1. The zero-order valence-corrected chi connectivity index (χ0v) is 15.6. The predicted molar refractivity (Wildman–Crippen MR) is 98.7 cm³/mol. The molecule has 0 aliphatic carbocycles. The van der Waals surface area contributed by atoms with Crippen LogP contribution in [0.15, 0.2) is 23.3 Å². The first kappa shape index (κ1) is 17.4. The van der Waals surface area contributed by atoms with Crippen LogP contribution in [0.5, 0.6) is 0 Å². The second kappa shape index (κ2) is 6.33. The van der Waals surface area contributed by atoms with Gasteiger partial charge in [-0.1, -0.05) is 0 Å². The van der Waals surface area contributed by atoms with Crippen molar-refractivity contribution >= 4 is 22.9 Å². The van der Waals surface area contributed by atoms with Gasteiger partial charge in [-0.2, -0.15) is 0 Å². The Balaban J connectivity index is 1.54. The summed E-state index contributed by atoms with van der Waals surface area (Å²) in [5, 5.41) is 4.32. The number of aromatic amines is 1. The van der Waals surface area contributed by atoms with Gasteiger partial charge in [-0.15, -0.1) is 5.10 Å². The van der Waals surface area contributed by atoms with Crippen molar-refractivity contribution in [3.8, 4) is 0 Å². The molecule has 1 saturated heterocycles. The summed E-state index contributed by atoms with van der Waals surface area (Å²) in [6.07, 6.45) is 4.63. The predicted octanol–water partition coefficient (Wildman–Crippen LogP) is 2.08. The number of ether oxygens (including phenoxy) is 1. The van der Waals surface area contributed by atoms with Crippen molar-refractivity contribution in [3.63, 3.8) is 0 Å². The molecule has 0 atom stereocenters. The summed E-state index contributed by atoms with van der Waals surface area (Å²) < 4.78 is 7.01. The van der Waals surface area contributed by atoms with Gasteiger partial charge < -0.3 is 14.6 Å². The summed E-state index contributed by atoms with van der Waals surface area (Å²) in [6.45, 7) is 6.82. The molecule has 0 unspecified atom stereocenters. The molecule has 0 spiro atoms. The Morgan fingerprint density at radius 1 is 1.30 bits per heavy atom. The Morgan fingerprint density at radius 3 is 2.74 bits per heavy atom. The second-order valence-corrected chi connectivity index (χ2v) is 7.81. The lowest BCUT2D eigenvalue weighted by Gasteiger charge is -2.33. The molecule has 3 aromatic heterocycles. The minimum absolute atomic E-state index is 0.200. The lowest BCUT2D eigenvalue weighted by atomic mass is 9.94. The van der Waals surface area contributed by atoms with E-state index in [0.29, 0.717) is 29.9 Å². The number of rotatable bonds is 1. The summed E-state index contributed by atoms with van der Waals surface area (Å²) in [6, 6.07) is 1.41. The zero-order chi connectivity index (χ0) is 19.2. The van der Waals surface area contributed by atoms with Gasteiger partial charge in [0.15, 0.2) is 11.2 Å². The number of hydrogen-bond acceptors (Lipinski definition) is 6. The summed E-state index contributed by atoms with van der Waals surface area (Å²) in [5.74, 6) is 0.200. The van der Waals surface area contributed by atoms with E-state index in [4.69, 9.17) is 9.72 Å². The maximum Gasteiger partial charge on any atom is 0.410 e. The summed E-state index contributed by atoms with van der Waals surface area (Å²) in [4.78, 5) is 37.4. The van der Waals surface area contributed by atoms with Crippen LogP contribution in [0.2, 0.25) is 0 Å². The van der Waals surface area contributed by atoms with Gasteiger partial charge in [0.2, 0.25) is 5.65 Å². The average molecular weight is 370 g/mol. The van der Waals surface area contributed by atoms with Crippen LogP contribution in [-0.4, -0.2) is 54.2 Å². The van der Waals surface area contributed by atoms with Gasteiger partial charge >= 0.3 is 6.09 Å². The van der Waals surface area contributed by atoms with E-state index in [0.717, 1.165) is 18.5 Å². The molecule has 3 aromatic rings. The standard InChI is InChI=1S/C18H22N6O3/c1-18(2,3)27-17(26)23-7-4-11(5-8-23)12-10-19-15-14(20-12)16-21-13(25)6-9-24(16)22-15/h6,9-11H,4-5,7-8H2,1-3H3,(H,21,25). The molecule has 0 bridgehead atoms. The SMILES string of the molecule is CC(C)(C)OC(=O)N1CCC(c2cnc3nn4ccc(=O)[nH]c4c3n2)CC1. The number of fused-ring (bicyclic) bond motifs is 3. The second-order valence-electron chi connectivity index (χ2n) is 7.81. The molecule has 1 fully saturated rings. The summed E-state index contributed by atoms with van der Waals surface area (Å²) >= 11 is 0. The summed E-state index contributed by atoms with van der Waals surface area (Å²) in [5.41, 5.74) is 1.77. The van der Waals surface area contributed by atoms with E-state index >= 15 is 0 Å². The molecule has 1 amide bonds. The zero-order valence-electron chi connectivity index (χ0n) is 15.6. The molecule has 27 heavy (non-hydrogen) atoms. The van der Waals surface area contributed by atoms with Gasteiger partial charge in [-0.25, -0.2) is 19.3 Å². The fraction of sp³-hybridized carbons (Fsp3) is 0.500. The van der Waals surface area contributed by atoms with Crippen LogP contribution in [0, 0.1) is 0 Å². The number of H-pyrrole nitrogens is 1. The molecule has 0 saturated carbocycles. The molecular weight excluding hydrogens is 348 g/mol. The first-order chi connectivity index (χ1) is 12.8. The molecule has 0 radical (unpaired) electrons. The molecule has 4 rings (SSSR count). The molecular formula is C18H22N6O3. The number of nitrogens with zero attached hydrogens (tertiary/aromatic N) is 5. The Bertz CT molecular complexity index is 1060. The fourth-order valence-electron chi connectivity index (χ4n) is 3.29. The number of nitrogens with one attached hydrogen (secondary N) is 1. The summed E-state index contributed by atoms with van der Waals surface area (Å²) in [7, 11) is 0. The maximum atomic E-state index is 12.2. The van der Waals surface area contributed by atoms with E-state index in [1.807, 2.05) is 20.8 Å². The first-order valence-corrected chi connectivity index (χ1v) is 9.02. The van der Waals surface area contributed by atoms with E-state index < -0.39 is 5.60 Å². The minimum Gasteiger partial charge on any atom is -0.444 e. The average Bonchev–Trinajstić information content (AvgIpc) is 2.97. The topological polar surface area (TPSA) is 105 Å². The van der Waals surface area contributed by atoms with Crippen molar-refractivity contribution in [3.05, 3.63) is 34.5 Å². The largest absolute Gasteiger partial charge is 0.444 e. The lowest BCUT2D eigenvalue weighted by molar-refractivity contribution is 0.0204. The number of aromatic nitrogens is 5. The van der Waals surface area contributed by atoms with Crippen molar-refractivity contribution in [1.82, 2.24) is 29.5 Å². The third kappa shape index (κ3) is 3.49. The number of carbonyl (C=O) groups is 1. The van der Waals surface area contributed by atoms with Gasteiger partial charge in [0.25, 0.3) is 5.56 Å². The number of likely N-dealkylation sites (tertiary alicyclic amines) is 1. The van der Waals surface area contributed by atoms with Crippen LogP contribution < -0.4 is 5.56 Å². The van der Waals surface area contributed by atoms with E-state index in [2.05, 4.69) is 15.1 Å². The molecule has 1 aliphatic heterocycles. The molecule has 1 N–H and O–H groups in total. The van der Waals surface area contributed by atoms with E-state index in [1.54, 1.807) is 21.8 Å². The Kier molecular flexibility index (Phi) is 4.09. The third-order valence-corrected chi connectivity index (χ3v) is 4.60. The van der Waals surface area contributed by atoms with Crippen molar-refractivity contribution in [2.24, 2.45) is 0 Å². The quantitative estimate of drug-likeness (QED) is 0.703.